The first-order valence-corrected chi connectivity index (χ1v) is 12.6. The SMILES string of the molecule is COC(=O)CCCCC(c1ccc(OC(=O)C(C)(C)C)cc1)c1c(C)c(OC)c2ccccc2c1OC. The third-order valence-corrected chi connectivity index (χ3v) is 6.62. The smallest absolute Gasteiger partial charge is 0.316 e. The lowest BCUT2D eigenvalue weighted by molar-refractivity contribution is -0.143. The fourth-order valence-electron chi connectivity index (χ4n) is 4.65. The number of ether oxygens (including phenoxy) is 4. The summed E-state index contributed by atoms with van der Waals surface area (Å²) in [6.07, 6.45) is 2.70. The molecule has 0 saturated carbocycles. The van der Waals surface area contributed by atoms with Gasteiger partial charge in [0.25, 0.3) is 0 Å². The van der Waals surface area contributed by atoms with E-state index in [1.54, 1.807) is 14.2 Å². The molecule has 0 saturated heterocycles. The van der Waals surface area contributed by atoms with Crippen molar-refractivity contribution in [2.24, 2.45) is 5.41 Å². The van der Waals surface area contributed by atoms with Crippen molar-refractivity contribution in [3.63, 3.8) is 0 Å². The van der Waals surface area contributed by atoms with Crippen LogP contribution in [0.2, 0.25) is 0 Å². The summed E-state index contributed by atoms with van der Waals surface area (Å²) >= 11 is 0. The van der Waals surface area contributed by atoms with Crippen molar-refractivity contribution >= 4 is 22.7 Å². The lowest BCUT2D eigenvalue weighted by atomic mass is 9.82. The molecule has 0 amide bonds. The Hall–Kier alpha value is -3.54. The molecule has 1 atom stereocenters. The van der Waals surface area contributed by atoms with E-state index in [0.29, 0.717) is 12.2 Å². The second-order valence-corrected chi connectivity index (χ2v) is 10.2. The van der Waals surface area contributed by atoms with Gasteiger partial charge in [-0.3, -0.25) is 9.59 Å². The van der Waals surface area contributed by atoms with Crippen LogP contribution in [-0.4, -0.2) is 33.3 Å². The molecule has 37 heavy (non-hydrogen) atoms. The Labute approximate surface area is 219 Å². The fraction of sp³-hybridized carbons (Fsp3) is 0.419. The average Bonchev–Trinajstić information content (AvgIpc) is 2.88. The predicted octanol–water partition coefficient (Wildman–Crippen LogP) is 6.98. The van der Waals surface area contributed by atoms with Crippen molar-refractivity contribution in [3.05, 3.63) is 65.2 Å². The van der Waals surface area contributed by atoms with Gasteiger partial charge in [-0.2, -0.15) is 0 Å². The quantitative estimate of drug-likeness (QED) is 0.168. The van der Waals surface area contributed by atoms with E-state index in [9.17, 15) is 9.59 Å². The zero-order chi connectivity index (χ0) is 27.2. The lowest BCUT2D eigenvalue weighted by Gasteiger charge is -2.26. The zero-order valence-electron chi connectivity index (χ0n) is 23.0. The van der Waals surface area contributed by atoms with Crippen LogP contribution >= 0.6 is 0 Å². The molecule has 3 aromatic rings. The molecular formula is C31H38O6. The maximum atomic E-state index is 12.4. The monoisotopic (exact) mass is 506 g/mol. The molecule has 0 spiro atoms. The molecule has 0 fully saturated rings. The summed E-state index contributed by atoms with van der Waals surface area (Å²) in [5.74, 6) is 1.63. The van der Waals surface area contributed by atoms with E-state index in [0.717, 1.165) is 58.2 Å². The second kappa shape index (κ2) is 12.1. The summed E-state index contributed by atoms with van der Waals surface area (Å²) in [4.78, 5) is 24.0. The van der Waals surface area contributed by atoms with Gasteiger partial charge in [-0.15, -0.1) is 0 Å². The largest absolute Gasteiger partial charge is 0.496 e. The molecule has 0 radical (unpaired) electrons. The van der Waals surface area contributed by atoms with E-state index in [4.69, 9.17) is 18.9 Å². The summed E-state index contributed by atoms with van der Waals surface area (Å²) in [7, 11) is 4.80. The molecule has 6 heteroatoms. The lowest BCUT2D eigenvalue weighted by Crippen LogP contribution is -2.25. The van der Waals surface area contributed by atoms with E-state index in [1.165, 1.54) is 7.11 Å². The molecule has 0 N–H and O–H groups in total. The van der Waals surface area contributed by atoms with Gasteiger partial charge in [0, 0.05) is 28.7 Å². The Morgan fingerprint density at radius 3 is 1.97 bits per heavy atom. The molecule has 6 nitrogen and oxygen atoms in total. The van der Waals surface area contributed by atoms with E-state index >= 15 is 0 Å². The molecule has 0 aliphatic carbocycles. The maximum Gasteiger partial charge on any atom is 0.316 e. The molecule has 3 aromatic carbocycles. The minimum absolute atomic E-state index is 0.0292. The van der Waals surface area contributed by atoms with Gasteiger partial charge in [-0.05, 0) is 63.8 Å². The van der Waals surface area contributed by atoms with Crippen LogP contribution in [0.5, 0.6) is 17.2 Å². The van der Waals surface area contributed by atoms with Crippen molar-refractivity contribution in [2.45, 2.75) is 59.3 Å². The summed E-state index contributed by atoms with van der Waals surface area (Å²) in [5, 5.41) is 1.98. The first kappa shape index (κ1) is 28.0. The first-order valence-electron chi connectivity index (χ1n) is 12.6. The van der Waals surface area contributed by atoms with Gasteiger partial charge >= 0.3 is 11.9 Å². The number of hydrogen-bond donors (Lipinski definition) is 0. The highest BCUT2D eigenvalue weighted by atomic mass is 16.5. The van der Waals surface area contributed by atoms with Gasteiger partial charge in [0.15, 0.2) is 0 Å². The summed E-state index contributed by atoms with van der Waals surface area (Å²) in [6.45, 7) is 7.55. The van der Waals surface area contributed by atoms with Gasteiger partial charge < -0.3 is 18.9 Å². The first-order chi connectivity index (χ1) is 17.6. The highest BCUT2D eigenvalue weighted by Gasteiger charge is 2.27. The van der Waals surface area contributed by atoms with Crippen molar-refractivity contribution in [3.8, 4) is 17.2 Å². The molecule has 0 aliphatic heterocycles. The predicted molar refractivity (Wildman–Crippen MR) is 146 cm³/mol. The van der Waals surface area contributed by atoms with Gasteiger partial charge in [0.05, 0.1) is 26.7 Å². The zero-order valence-corrected chi connectivity index (χ0v) is 23.0. The van der Waals surface area contributed by atoms with E-state index in [2.05, 4.69) is 6.92 Å². The number of carbonyl (C=O) groups excluding carboxylic acids is 2. The van der Waals surface area contributed by atoms with Crippen LogP contribution in [0.3, 0.4) is 0 Å². The van der Waals surface area contributed by atoms with Crippen LogP contribution in [-0.2, 0) is 14.3 Å². The standard InChI is InChI=1S/C31H38O6/c1-20-27(29(36-7)25-14-9-8-13-24(25)28(20)35-6)23(12-10-11-15-26(32)34-5)21-16-18-22(19-17-21)37-30(33)31(2,3)4/h8-9,13-14,16-19,23H,10-12,15H2,1-7H3. The van der Waals surface area contributed by atoms with Gasteiger partial charge in [-0.25, -0.2) is 0 Å². The Balaban J connectivity index is 2.07. The van der Waals surface area contributed by atoms with Gasteiger partial charge in [-0.1, -0.05) is 42.8 Å². The van der Waals surface area contributed by atoms with Gasteiger partial charge in [0.2, 0.25) is 0 Å². The Kier molecular flexibility index (Phi) is 9.19. The average molecular weight is 507 g/mol. The molecule has 198 valence electrons. The number of esters is 2. The number of unbranched alkanes of at least 4 members (excludes halogenated alkanes) is 1. The van der Waals surface area contributed by atoms with Crippen LogP contribution in [0.4, 0.5) is 0 Å². The number of carbonyl (C=O) groups is 2. The van der Waals surface area contributed by atoms with Crippen molar-refractivity contribution in [2.75, 3.05) is 21.3 Å². The van der Waals surface area contributed by atoms with Crippen LogP contribution < -0.4 is 14.2 Å². The number of hydrogen-bond acceptors (Lipinski definition) is 6. The molecule has 0 aromatic heterocycles. The van der Waals surface area contributed by atoms with Crippen LogP contribution in [0.1, 0.15) is 69.1 Å². The summed E-state index contributed by atoms with van der Waals surface area (Å²) in [6, 6.07) is 15.7. The third kappa shape index (κ3) is 6.43. The number of methoxy groups -OCH3 is 3. The third-order valence-electron chi connectivity index (χ3n) is 6.62. The topological polar surface area (TPSA) is 71.1 Å². The Bertz CT molecular complexity index is 1240. The summed E-state index contributed by atoms with van der Waals surface area (Å²) < 4.78 is 22.3. The van der Waals surface area contributed by atoms with E-state index < -0.39 is 5.41 Å². The van der Waals surface area contributed by atoms with Crippen LogP contribution in [0.15, 0.2) is 48.5 Å². The maximum absolute atomic E-state index is 12.4. The number of benzene rings is 3. The van der Waals surface area contributed by atoms with Crippen LogP contribution in [0.25, 0.3) is 10.8 Å². The molecular weight excluding hydrogens is 468 g/mol. The highest BCUT2D eigenvalue weighted by molar-refractivity contribution is 5.96. The Morgan fingerprint density at radius 1 is 0.838 bits per heavy atom. The van der Waals surface area contributed by atoms with E-state index in [-0.39, 0.29) is 17.9 Å². The van der Waals surface area contributed by atoms with Crippen LogP contribution in [0, 0.1) is 12.3 Å². The molecule has 0 aliphatic rings. The molecule has 3 rings (SSSR count). The molecule has 1 unspecified atom stereocenters. The van der Waals surface area contributed by atoms with Crippen molar-refractivity contribution in [1.82, 2.24) is 0 Å². The fourth-order valence-corrected chi connectivity index (χ4v) is 4.65. The molecule has 0 bridgehead atoms. The van der Waals surface area contributed by atoms with Crippen molar-refractivity contribution in [1.29, 1.82) is 0 Å². The second-order valence-electron chi connectivity index (χ2n) is 10.2. The molecule has 0 heterocycles. The van der Waals surface area contributed by atoms with Crippen molar-refractivity contribution < 1.29 is 28.5 Å². The highest BCUT2D eigenvalue weighted by Crippen LogP contribution is 2.47. The Morgan fingerprint density at radius 2 is 1.43 bits per heavy atom. The minimum atomic E-state index is -0.590. The normalized spacial score (nSPS) is 12.2. The number of rotatable bonds is 10. The van der Waals surface area contributed by atoms with Gasteiger partial charge in [0.1, 0.15) is 17.2 Å². The minimum Gasteiger partial charge on any atom is -0.496 e. The summed E-state index contributed by atoms with van der Waals surface area (Å²) in [5.41, 5.74) is 2.54. The number of fused-ring (bicyclic) bond motifs is 1. The van der Waals surface area contributed by atoms with E-state index in [1.807, 2.05) is 69.3 Å².